The van der Waals surface area contributed by atoms with Crippen molar-refractivity contribution in [2.75, 3.05) is 0 Å². The Labute approximate surface area is 116 Å². The van der Waals surface area contributed by atoms with Crippen LogP contribution in [0.5, 0.6) is 0 Å². The summed E-state index contributed by atoms with van der Waals surface area (Å²) in [4.78, 5) is 12.3. The molecular weight excluding hydrogens is 323 g/mol. The summed E-state index contributed by atoms with van der Waals surface area (Å²) < 4.78 is 0.954. The van der Waals surface area contributed by atoms with E-state index in [0.29, 0.717) is 0 Å². The van der Waals surface area contributed by atoms with E-state index in [1.807, 2.05) is 30.3 Å². The molecule has 0 heterocycles. The van der Waals surface area contributed by atoms with Gasteiger partial charge in [-0.2, -0.15) is 0 Å². The molecular formula is C15H17IO. The summed E-state index contributed by atoms with van der Waals surface area (Å²) in [5, 5.41) is 0. The van der Waals surface area contributed by atoms with Gasteiger partial charge in [0, 0.05) is 5.56 Å². The number of halogens is 1. The molecule has 1 aliphatic rings. The molecule has 2 rings (SSSR count). The van der Waals surface area contributed by atoms with Crippen LogP contribution in [0.15, 0.2) is 39.5 Å². The average molecular weight is 340 g/mol. The fourth-order valence-electron chi connectivity index (χ4n) is 2.25. The van der Waals surface area contributed by atoms with Gasteiger partial charge in [-0.25, -0.2) is 0 Å². The van der Waals surface area contributed by atoms with E-state index in [4.69, 9.17) is 0 Å². The summed E-state index contributed by atoms with van der Waals surface area (Å²) in [7, 11) is 0. The van der Waals surface area contributed by atoms with E-state index < -0.39 is 0 Å². The van der Waals surface area contributed by atoms with Crippen LogP contribution in [0.25, 0.3) is 0 Å². The molecule has 1 saturated carbocycles. The van der Waals surface area contributed by atoms with E-state index in [-0.39, 0.29) is 5.78 Å². The van der Waals surface area contributed by atoms with Gasteiger partial charge in [0.15, 0.2) is 5.78 Å². The van der Waals surface area contributed by atoms with Crippen molar-refractivity contribution in [1.29, 1.82) is 0 Å². The first-order valence-electron chi connectivity index (χ1n) is 6.26. The van der Waals surface area contributed by atoms with Crippen LogP contribution in [0, 0.1) is 0 Å². The van der Waals surface area contributed by atoms with Crippen molar-refractivity contribution in [2.45, 2.75) is 38.5 Å². The average Bonchev–Trinajstić information content (AvgIpc) is 2.67. The van der Waals surface area contributed by atoms with Crippen molar-refractivity contribution in [2.24, 2.45) is 0 Å². The minimum atomic E-state index is 0.197. The molecule has 0 unspecified atom stereocenters. The molecule has 90 valence electrons. The number of rotatable bonds is 2. The van der Waals surface area contributed by atoms with Gasteiger partial charge < -0.3 is 0 Å². The number of allylic oxidation sites excluding steroid dienone is 2. The van der Waals surface area contributed by atoms with Crippen LogP contribution in [0.2, 0.25) is 0 Å². The quantitative estimate of drug-likeness (QED) is 0.323. The largest absolute Gasteiger partial charge is 0.288 e. The van der Waals surface area contributed by atoms with Gasteiger partial charge in [0.25, 0.3) is 0 Å². The van der Waals surface area contributed by atoms with Crippen LogP contribution in [0.4, 0.5) is 0 Å². The van der Waals surface area contributed by atoms with E-state index >= 15 is 0 Å². The number of hydrogen-bond donors (Lipinski definition) is 0. The number of ketones is 1. The molecule has 1 aromatic rings. The molecule has 17 heavy (non-hydrogen) atoms. The van der Waals surface area contributed by atoms with E-state index in [2.05, 4.69) is 22.6 Å². The highest BCUT2D eigenvalue weighted by atomic mass is 127. The van der Waals surface area contributed by atoms with Crippen molar-refractivity contribution in [3.63, 3.8) is 0 Å². The number of Topliss-reactive ketones (excluding diaryl/α,β-unsaturated/α-hetero) is 1. The first kappa shape index (κ1) is 12.8. The van der Waals surface area contributed by atoms with E-state index in [1.54, 1.807) is 0 Å². The molecule has 0 aliphatic heterocycles. The maximum Gasteiger partial charge on any atom is 0.199 e. The monoisotopic (exact) mass is 340 g/mol. The minimum absolute atomic E-state index is 0.197. The molecule has 1 nitrogen and oxygen atoms in total. The van der Waals surface area contributed by atoms with Gasteiger partial charge in [-0.3, -0.25) is 4.79 Å². The Morgan fingerprint density at radius 2 is 1.53 bits per heavy atom. The molecule has 0 radical (unpaired) electrons. The minimum Gasteiger partial charge on any atom is -0.288 e. The summed E-state index contributed by atoms with van der Waals surface area (Å²) in [6.45, 7) is 0. The van der Waals surface area contributed by atoms with Crippen molar-refractivity contribution in [3.8, 4) is 0 Å². The molecule has 0 spiro atoms. The Kier molecular flexibility index (Phi) is 4.77. The van der Waals surface area contributed by atoms with Gasteiger partial charge in [0.1, 0.15) is 0 Å². The highest BCUT2D eigenvalue weighted by molar-refractivity contribution is 14.1. The van der Waals surface area contributed by atoms with Crippen molar-refractivity contribution >= 4 is 28.4 Å². The Morgan fingerprint density at radius 1 is 0.941 bits per heavy atom. The van der Waals surface area contributed by atoms with Crippen molar-refractivity contribution in [3.05, 3.63) is 45.0 Å². The predicted octanol–water partition coefficient (Wildman–Crippen LogP) is 4.91. The Bertz CT molecular complexity index is 410. The van der Waals surface area contributed by atoms with Crippen LogP contribution in [-0.4, -0.2) is 5.78 Å². The SMILES string of the molecule is O=C(C(I)=C1CCCCCC1)c1ccccc1. The topological polar surface area (TPSA) is 17.1 Å². The van der Waals surface area contributed by atoms with Gasteiger partial charge in [0.2, 0.25) is 0 Å². The maximum absolute atomic E-state index is 12.3. The molecule has 0 amide bonds. The fraction of sp³-hybridized carbons (Fsp3) is 0.400. The molecule has 0 N–H and O–H groups in total. The summed E-state index contributed by atoms with van der Waals surface area (Å²) >= 11 is 2.24. The Morgan fingerprint density at radius 3 is 2.12 bits per heavy atom. The summed E-state index contributed by atoms with van der Waals surface area (Å²) in [5.74, 6) is 0.197. The summed E-state index contributed by atoms with van der Waals surface area (Å²) in [5.41, 5.74) is 2.19. The standard InChI is InChI=1S/C15H17IO/c16-14(12-8-4-1-2-5-9-12)15(17)13-10-6-3-7-11-13/h3,6-7,10-11H,1-2,4-5,8-9H2. The first-order chi connectivity index (χ1) is 8.29. The zero-order chi connectivity index (χ0) is 12.1. The second kappa shape index (κ2) is 6.34. The van der Waals surface area contributed by atoms with Gasteiger partial charge in [-0.15, -0.1) is 0 Å². The Hall–Kier alpha value is -0.640. The third kappa shape index (κ3) is 3.41. The second-order valence-electron chi connectivity index (χ2n) is 4.53. The third-order valence-corrected chi connectivity index (χ3v) is 4.51. The molecule has 1 aromatic carbocycles. The zero-order valence-corrected chi connectivity index (χ0v) is 12.1. The van der Waals surface area contributed by atoms with Crippen molar-refractivity contribution < 1.29 is 4.79 Å². The molecule has 1 aliphatic carbocycles. The van der Waals surface area contributed by atoms with Crippen molar-refractivity contribution in [1.82, 2.24) is 0 Å². The normalized spacial score (nSPS) is 16.4. The molecule has 0 aromatic heterocycles. The lowest BCUT2D eigenvalue weighted by atomic mass is 10.0. The summed E-state index contributed by atoms with van der Waals surface area (Å²) in [6, 6.07) is 9.60. The predicted molar refractivity (Wildman–Crippen MR) is 79.5 cm³/mol. The van der Waals surface area contributed by atoms with E-state index in [9.17, 15) is 4.79 Å². The van der Waals surface area contributed by atoms with Gasteiger partial charge >= 0.3 is 0 Å². The first-order valence-corrected chi connectivity index (χ1v) is 7.34. The lowest BCUT2D eigenvalue weighted by molar-refractivity contribution is 0.104. The van der Waals surface area contributed by atoms with Crippen LogP contribution >= 0.6 is 22.6 Å². The second-order valence-corrected chi connectivity index (χ2v) is 5.61. The molecule has 0 bridgehead atoms. The lowest BCUT2D eigenvalue weighted by Gasteiger charge is -2.07. The van der Waals surface area contributed by atoms with Crippen LogP contribution in [-0.2, 0) is 0 Å². The van der Waals surface area contributed by atoms with Gasteiger partial charge in [0.05, 0.1) is 3.58 Å². The zero-order valence-electron chi connectivity index (χ0n) is 9.92. The summed E-state index contributed by atoms with van der Waals surface area (Å²) in [6.07, 6.45) is 7.32. The maximum atomic E-state index is 12.3. The van der Waals surface area contributed by atoms with E-state index in [0.717, 1.165) is 22.0 Å². The Balaban J connectivity index is 2.21. The lowest BCUT2D eigenvalue weighted by Crippen LogP contribution is -2.01. The smallest absolute Gasteiger partial charge is 0.199 e. The van der Waals surface area contributed by atoms with Crippen LogP contribution in [0.3, 0.4) is 0 Å². The number of carbonyl (C=O) groups excluding carboxylic acids is 1. The number of carbonyl (C=O) groups is 1. The molecule has 0 saturated heterocycles. The van der Waals surface area contributed by atoms with Gasteiger partial charge in [-0.05, 0) is 48.3 Å². The molecule has 2 heteroatoms. The molecule has 1 fully saturated rings. The van der Waals surface area contributed by atoms with E-state index in [1.165, 1.54) is 31.3 Å². The van der Waals surface area contributed by atoms with Crippen LogP contribution < -0.4 is 0 Å². The number of hydrogen-bond acceptors (Lipinski definition) is 1. The van der Waals surface area contributed by atoms with Crippen LogP contribution in [0.1, 0.15) is 48.9 Å². The molecule has 0 atom stereocenters. The third-order valence-electron chi connectivity index (χ3n) is 3.25. The number of benzene rings is 1. The van der Waals surface area contributed by atoms with Gasteiger partial charge in [-0.1, -0.05) is 48.7 Å². The fourth-order valence-corrected chi connectivity index (χ4v) is 3.10. The highest BCUT2D eigenvalue weighted by Gasteiger charge is 2.15. The highest BCUT2D eigenvalue weighted by Crippen LogP contribution is 2.29.